The molecule has 6 nitrogen and oxygen atoms in total. The molecule has 0 aromatic heterocycles. The Labute approximate surface area is 198 Å². The first kappa shape index (κ1) is 21.5. The van der Waals surface area contributed by atoms with Crippen molar-refractivity contribution in [3.8, 4) is 23.0 Å². The number of methoxy groups -OCH3 is 4. The number of nitrogens with zero attached hydrogens (tertiary/aromatic N) is 2. The lowest BCUT2D eigenvalue weighted by atomic mass is 10.1. The van der Waals surface area contributed by atoms with Gasteiger partial charge in [-0.25, -0.2) is 9.98 Å². The van der Waals surface area contributed by atoms with E-state index in [9.17, 15) is 0 Å². The second kappa shape index (κ2) is 8.90. The van der Waals surface area contributed by atoms with Crippen molar-refractivity contribution in [1.82, 2.24) is 0 Å². The highest BCUT2D eigenvalue weighted by Gasteiger charge is 2.27. The van der Waals surface area contributed by atoms with Crippen LogP contribution in [-0.4, -0.2) is 39.9 Å². The molecule has 34 heavy (non-hydrogen) atoms. The Morgan fingerprint density at radius 2 is 0.882 bits per heavy atom. The molecular weight excluding hydrogens is 428 g/mol. The molecule has 0 fully saturated rings. The number of ether oxygens (including phenoxy) is 4. The lowest BCUT2D eigenvalue weighted by Crippen LogP contribution is -2.10. The van der Waals surface area contributed by atoms with Gasteiger partial charge in [-0.1, -0.05) is 36.4 Å². The predicted octanol–water partition coefficient (Wildman–Crippen LogP) is 6.13. The van der Waals surface area contributed by atoms with Crippen LogP contribution in [0.25, 0.3) is 10.8 Å². The van der Waals surface area contributed by atoms with Crippen LogP contribution in [-0.2, 0) is 0 Å². The van der Waals surface area contributed by atoms with Gasteiger partial charge in [0.2, 0.25) is 0 Å². The summed E-state index contributed by atoms with van der Waals surface area (Å²) in [4.78, 5) is 10.1. The van der Waals surface area contributed by atoms with Crippen LogP contribution < -0.4 is 18.9 Å². The molecule has 6 heteroatoms. The maximum Gasteiger partial charge on any atom is 0.124 e. The highest BCUT2D eigenvalue weighted by atomic mass is 16.5. The molecule has 0 unspecified atom stereocenters. The van der Waals surface area contributed by atoms with Crippen molar-refractivity contribution in [3.05, 3.63) is 83.9 Å². The predicted molar refractivity (Wildman–Crippen MR) is 135 cm³/mol. The van der Waals surface area contributed by atoms with Crippen molar-refractivity contribution in [3.63, 3.8) is 0 Å². The molecule has 0 N–H and O–H groups in total. The number of hydrogen-bond donors (Lipinski definition) is 0. The smallest absolute Gasteiger partial charge is 0.124 e. The number of rotatable bonds is 6. The molecule has 170 valence electrons. The third-order valence-electron chi connectivity index (χ3n) is 5.79. The Balaban J connectivity index is 1.76. The van der Waals surface area contributed by atoms with E-state index in [1.54, 1.807) is 28.4 Å². The Bertz CT molecular complexity index is 1310. The Morgan fingerprint density at radius 3 is 1.24 bits per heavy atom. The first-order chi connectivity index (χ1) is 16.6. The van der Waals surface area contributed by atoms with E-state index in [0.717, 1.165) is 33.3 Å². The maximum absolute atomic E-state index is 5.45. The first-order valence-electron chi connectivity index (χ1n) is 10.8. The van der Waals surface area contributed by atoms with E-state index in [-0.39, 0.29) is 0 Å². The van der Waals surface area contributed by atoms with Crippen LogP contribution in [0.15, 0.2) is 82.8 Å². The summed E-state index contributed by atoms with van der Waals surface area (Å²) in [7, 11) is 6.50. The van der Waals surface area contributed by atoms with Crippen molar-refractivity contribution in [2.45, 2.75) is 0 Å². The van der Waals surface area contributed by atoms with E-state index in [1.807, 2.05) is 48.5 Å². The fourth-order valence-electron chi connectivity index (χ4n) is 4.19. The van der Waals surface area contributed by atoms with Crippen molar-refractivity contribution in [1.29, 1.82) is 0 Å². The molecule has 0 amide bonds. The number of hydrogen-bond acceptors (Lipinski definition) is 6. The van der Waals surface area contributed by atoms with Gasteiger partial charge >= 0.3 is 0 Å². The van der Waals surface area contributed by atoms with Crippen LogP contribution in [0.4, 0.5) is 11.4 Å². The molecule has 0 bridgehead atoms. The normalized spacial score (nSPS) is 14.6. The summed E-state index contributed by atoms with van der Waals surface area (Å²) in [6.07, 6.45) is 0. The summed E-state index contributed by atoms with van der Waals surface area (Å²) in [5, 5.41) is 2.27. The molecular formula is C28H24N2O4. The van der Waals surface area contributed by atoms with Crippen LogP contribution in [0.5, 0.6) is 23.0 Å². The highest BCUT2D eigenvalue weighted by Crippen LogP contribution is 2.36. The minimum Gasteiger partial charge on any atom is -0.497 e. The summed E-state index contributed by atoms with van der Waals surface area (Å²) in [5.41, 5.74) is 5.05. The lowest BCUT2D eigenvalue weighted by Gasteiger charge is -2.09. The van der Waals surface area contributed by atoms with E-state index < -0.39 is 0 Å². The van der Waals surface area contributed by atoms with E-state index >= 15 is 0 Å². The van der Waals surface area contributed by atoms with Crippen LogP contribution in [0.2, 0.25) is 0 Å². The zero-order valence-corrected chi connectivity index (χ0v) is 19.5. The molecule has 1 aliphatic carbocycles. The Morgan fingerprint density at radius 1 is 0.500 bits per heavy atom. The first-order valence-corrected chi connectivity index (χ1v) is 10.8. The minimum atomic E-state index is 0.670. The summed E-state index contributed by atoms with van der Waals surface area (Å²) in [5.74, 6) is 2.68. The summed E-state index contributed by atoms with van der Waals surface area (Å²) in [6.45, 7) is 0. The van der Waals surface area contributed by atoms with Gasteiger partial charge in [-0.05, 0) is 5.39 Å². The molecule has 0 spiro atoms. The molecule has 0 heterocycles. The monoisotopic (exact) mass is 452 g/mol. The van der Waals surface area contributed by atoms with Gasteiger partial charge in [0, 0.05) is 52.9 Å². The van der Waals surface area contributed by atoms with Crippen LogP contribution in [0.3, 0.4) is 0 Å². The second-order valence-corrected chi connectivity index (χ2v) is 7.77. The molecule has 0 saturated carbocycles. The zero-order chi connectivity index (χ0) is 23.7. The van der Waals surface area contributed by atoms with E-state index in [2.05, 4.69) is 24.3 Å². The molecule has 4 aromatic rings. The van der Waals surface area contributed by atoms with E-state index in [1.165, 1.54) is 0 Å². The summed E-state index contributed by atoms with van der Waals surface area (Å²) in [6, 6.07) is 23.6. The van der Waals surface area contributed by atoms with Gasteiger partial charge in [-0.15, -0.1) is 0 Å². The third kappa shape index (κ3) is 3.83. The standard InChI is InChI=1S/C28H24N2O4/c1-31-20-11-18(12-21(15-20)32-2)29-27-24-9-5-7-17-8-6-10-25(26(17)24)28(27)30-19-13-22(33-3)16-23(14-19)34-4/h5-16H,1-4H3. The van der Waals surface area contributed by atoms with Gasteiger partial charge in [-0.2, -0.15) is 0 Å². The molecule has 1 aliphatic rings. The topological polar surface area (TPSA) is 61.6 Å². The molecule has 0 aliphatic heterocycles. The van der Waals surface area contributed by atoms with E-state index in [4.69, 9.17) is 28.9 Å². The summed E-state index contributed by atoms with van der Waals surface area (Å²) < 4.78 is 21.8. The molecule has 5 rings (SSSR count). The van der Waals surface area contributed by atoms with Gasteiger partial charge in [0.25, 0.3) is 0 Å². The Kier molecular flexibility index (Phi) is 5.64. The Hall–Kier alpha value is -4.32. The van der Waals surface area contributed by atoms with Crippen molar-refractivity contribution in [2.24, 2.45) is 9.98 Å². The van der Waals surface area contributed by atoms with Crippen molar-refractivity contribution < 1.29 is 18.9 Å². The van der Waals surface area contributed by atoms with Crippen LogP contribution in [0.1, 0.15) is 11.1 Å². The molecule has 4 aromatic carbocycles. The zero-order valence-electron chi connectivity index (χ0n) is 19.5. The van der Waals surface area contributed by atoms with Crippen LogP contribution >= 0.6 is 0 Å². The average Bonchev–Trinajstić information content (AvgIpc) is 3.17. The van der Waals surface area contributed by atoms with Gasteiger partial charge < -0.3 is 18.9 Å². The van der Waals surface area contributed by atoms with Gasteiger partial charge in [-0.3, -0.25) is 0 Å². The fraction of sp³-hybridized carbons (Fsp3) is 0.143. The van der Waals surface area contributed by atoms with Crippen molar-refractivity contribution >= 4 is 33.6 Å². The van der Waals surface area contributed by atoms with Crippen molar-refractivity contribution in [2.75, 3.05) is 28.4 Å². The number of benzene rings is 4. The highest BCUT2D eigenvalue weighted by molar-refractivity contribution is 6.61. The minimum absolute atomic E-state index is 0.670. The SMILES string of the molecule is COc1cc(N=C2C(=Nc3cc(OC)cc(OC)c3)c3cccc4cccc2c34)cc(OC)c1. The average molecular weight is 453 g/mol. The largest absolute Gasteiger partial charge is 0.497 e. The number of aliphatic imine (C=N–C) groups is 2. The molecule has 0 atom stereocenters. The van der Waals surface area contributed by atoms with Gasteiger partial charge in [0.15, 0.2) is 0 Å². The van der Waals surface area contributed by atoms with Gasteiger partial charge in [0.05, 0.1) is 51.2 Å². The molecule has 0 saturated heterocycles. The van der Waals surface area contributed by atoms with Gasteiger partial charge in [0.1, 0.15) is 23.0 Å². The lowest BCUT2D eigenvalue weighted by molar-refractivity contribution is 0.394. The quantitative estimate of drug-likeness (QED) is 0.353. The van der Waals surface area contributed by atoms with E-state index in [0.29, 0.717) is 34.4 Å². The third-order valence-corrected chi connectivity index (χ3v) is 5.79. The second-order valence-electron chi connectivity index (χ2n) is 7.77. The summed E-state index contributed by atoms with van der Waals surface area (Å²) >= 11 is 0. The van der Waals surface area contributed by atoms with Crippen LogP contribution in [0, 0.1) is 0 Å². The molecule has 0 radical (unpaired) electrons. The fourth-order valence-corrected chi connectivity index (χ4v) is 4.19. The maximum atomic E-state index is 5.45.